The molecule has 1 aromatic heterocycles. The largest absolute Gasteiger partial charge is 0.349 e. The monoisotopic (exact) mass is 220 g/mol. The van der Waals surface area contributed by atoms with Gasteiger partial charge in [0.25, 0.3) is 5.69 Å². The summed E-state index contributed by atoms with van der Waals surface area (Å²) in [5.41, 5.74) is 0.645. The van der Waals surface area contributed by atoms with Gasteiger partial charge in [0.15, 0.2) is 0 Å². The van der Waals surface area contributed by atoms with Crippen LogP contribution in [0.3, 0.4) is 0 Å². The van der Waals surface area contributed by atoms with Gasteiger partial charge in [0.1, 0.15) is 0 Å². The average molecular weight is 220 g/mol. The lowest BCUT2D eigenvalue weighted by Gasteiger charge is -2.02. The highest BCUT2D eigenvalue weighted by molar-refractivity contribution is 5.41. The molecule has 0 amide bonds. The van der Waals surface area contributed by atoms with Crippen LogP contribution in [0.2, 0.25) is 0 Å². The minimum atomic E-state index is -0.421. The van der Waals surface area contributed by atoms with Gasteiger partial charge in [-0.1, -0.05) is 23.3 Å². The first kappa shape index (κ1) is 10.0. The Kier molecular flexibility index (Phi) is 2.72. The highest BCUT2D eigenvalue weighted by Gasteiger charge is 2.11. The third kappa shape index (κ3) is 2.11. The number of anilines is 1. The van der Waals surface area contributed by atoms with Crippen molar-refractivity contribution in [2.24, 2.45) is 0 Å². The molecule has 1 heterocycles. The predicted molar refractivity (Wildman–Crippen MR) is 54.6 cm³/mol. The molecule has 2 N–H and O–H groups in total. The van der Waals surface area contributed by atoms with E-state index in [1.807, 2.05) is 0 Å². The second kappa shape index (κ2) is 4.34. The Morgan fingerprint density at radius 2 is 2.25 bits per heavy atom. The van der Waals surface area contributed by atoms with E-state index in [9.17, 15) is 10.1 Å². The first-order chi connectivity index (χ1) is 7.77. The van der Waals surface area contributed by atoms with Crippen LogP contribution in [0.15, 0.2) is 24.3 Å². The molecule has 0 bridgehead atoms. The number of nitro benzene ring substituents is 1. The molecule has 0 fully saturated rings. The van der Waals surface area contributed by atoms with Crippen LogP contribution in [-0.4, -0.2) is 25.5 Å². The zero-order chi connectivity index (χ0) is 11.4. The van der Waals surface area contributed by atoms with E-state index in [-0.39, 0.29) is 12.2 Å². The Labute approximate surface area is 89.8 Å². The number of H-pyrrole nitrogens is 1. The van der Waals surface area contributed by atoms with Crippen LogP contribution >= 0.6 is 0 Å². The molecule has 0 atom stereocenters. The van der Waals surface area contributed by atoms with Gasteiger partial charge in [-0.15, -0.1) is 0 Å². The van der Waals surface area contributed by atoms with E-state index >= 15 is 0 Å². The molecule has 0 unspecified atom stereocenters. The second-order valence-corrected chi connectivity index (χ2v) is 2.99. The summed E-state index contributed by atoms with van der Waals surface area (Å²) in [7, 11) is 0. The SMILES string of the molecule is O=[N+]([O-])c1ccccc1CNc1nnn[nH]1. The lowest BCUT2D eigenvalue weighted by atomic mass is 10.2. The third-order valence-corrected chi connectivity index (χ3v) is 1.98. The van der Waals surface area contributed by atoms with Crippen LogP contribution in [0.4, 0.5) is 11.6 Å². The molecule has 0 aliphatic heterocycles. The van der Waals surface area contributed by atoms with E-state index in [0.29, 0.717) is 11.5 Å². The summed E-state index contributed by atoms with van der Waals surface area (Å²) in [6.45, 7) is 0.286. The summed E-state index contributed by atoms with van der Waals surface area (Å²) < 4.78 is 0. The Balaban J connectivity index is 2.12. The summed E-state index contributed by atoms with van der Waals surface area (Å²) in [5.74, 6) is 0.373. The number of hydrogen-bond acceptors (Lipinski definition) is 6. The summed E-state index contributed by atoms with van der Waals surface area (Å²) in [4.78, 5) is 10.3. The van der Waals surface area contributed by atoms with Crippen molar-refractivity contribution in [1.82, 2.24) is 20.6 Å². The zero-order valence-corrected chi connectivity index (χ0v) is 8.12. The zero-order valence-electron chi connectivity index (χ0n) is 8.12. The van der Waals surface area contributed by atoms with Gasteiger partial charge in [-0.3, -0.25) is 10.1 Å². The number of para-hydroxylation sites is 1. The van der Waals surface area contributed by atoms with Crippen LogP contribution < -0.4 is 5.32 Å². The van der Waals surface area contributed by atoms with E-state index in [0.717, 1.165) is 0 Å². The molecule has 2 rings (SSSR count). The van der Waals surface area contributed by atoms with Gasteiger partial charge in [0.2, 0.25) is 5.95 Å². The maximum atomic E-state index is 10.7. The molecule has 0 aliphatic carbocycles. The summed E-state index contributed by atoms with van der Waals surface area (Å²) in [6.07, 6.45) is 0. The number of aromatic nitrogens is 4. The van der Waals surface area contributed by atoms with Crippen molar-refractivity contribution in [2.45, 2.75) is 6.54 Å². The van der Waals surface area contributed by atoms with Crippen molar-refractivity contribution in [1.29, 1.82) is 0 Å². The number of aromatic amines is 1. The predicted octanol–water partition coefficient (Wildman–Crippen LogP) is 0.720. The van der Waals surface area contributed by atoms with Crippen LogP contribution in [0.5, 0.6) is 0 Å². The molecule has 0 radical (unpaired) electrons. The van der Waals surface area contributed by atoms with Crippen molar-refractivity contribution < 1.29 is 4.92 Å². The molecule has 0 saturated carbocycles. The van der Waals surface area contributed by atoms with Gasteiger partial charge in [-0.25, -0.2) is 5.10 Å². The van der Waals surface area contributed by atoms with Crippen LogP contribution in [0, 0.1) is 10.1 Å². The van der Waals surface area contributed by atoms with Crippen LogP contribution in [0.1, 0.15) is 5.56 Å². The average Bonchev–Trinajstić information content (AvgIpc) is 2.79. The topological polar surface area (TPSA) is 110 Å². The van der Waals surface area contributed by atoms with Crippen LogP contribution in [-0.2, 0) is 6.54 Å². The summed E-state index contributed by atoms with van der Waals surface area (Å²) in [5, 5.41) is 26.4. The maximum absolute atomic E-state index is 10.7. The molecule has 0 saturated heterocycles. The standard InChI is InChI=1S/C8H8N6O2/c15-14(16)7-4-2-1-3-6(7)5-9-8-10-12-13-11-8/h1-4H,5H2,(H2,9,10,11,12,13). The second-order valence-electron chi connectivity index (χ2n) is 2.99. The smallest absolute Gasteiger partial charge is 0.274 e. The third-order valence-electron chi connectivity index (χ3n) is 1.98. The molecule has 0 spiro atoms. The highest BCUT2D eigenvalue weighted by Crippen LogP contribution is 2.17. The number of nitro groups is 1. The van der Waals surface area contributed by atoms with Crippen molar-refractivity contribution in [3.8, 4) is 0 Å². The first-order valence-corrected chi connectivity index (χ1v) is 4.47. The van der Waals surface area contributed by atoms with E-state index in [4.69, 9.17) is 0 Å². The van der Waals surface area contributed by atoms with Crippen molar-refractivity contribution in [3.63, 3.8) is 0 Å². The van der Waals surface area contributed by atoms with Crippen molar-refractivity contribution >= 4 is 11.6 Å². The van der Waals surface area contributed by atoms with E-state index < -0.39 is 4.92 Å². The number of nitrogens with zero attached hydrogens (tertiary/aromatic N) is 4. The number of rotatable bonds is 4. The quantitative estimate of drug-likeness (QED) is 0.580. The minimum Gasteiger partial charge on any atom is -0.349 e. The summed E-state index contributed by atoms with van der Waals surface area (Å²) >= 11 is 0. The molecule has 8 nitrogen and oxygen atoms in total. The van der Waals surface area contributed by atoms with Gasteiger partial charge < -0.3 is 5.32 Å². The van der Waals surface area contributed by atoms with E-state index in [1.54, 1.807) is 18.2 Å². The maximum Gasteiger partial charge on any atom is 0.274 e. The van der Waals surface area contributed by atoms with Crippen molar-refractivity contribution in [2.75, 3.05) is 5.32 Å². The Morgan fingerprint density at radius 3 is 2.94 bits per heavy atom. The Bertz CT molecular complexity index is 483. The fourth-order valence-electron chi connectivity index (χ4n) is 1.25. The summed E-state index contributed by atoms with van der Waals surface area (Å²) in [6, 6.07) is 6.49. The Morgan fingerprint density at radius 1 is 1.44 bits per heavy atom. The van der Waals surface area contributed by atoms with Gasteiger partial charge in [-0.05, 0) is 10.4 Å². The van der Waals surface area contributed by atoms with E-state index in [1.165, 1.54) is 6.07 Å². The Hall–Kier alpha value is -2.51. The molecule has 16 heavy (non-hydrogen) atoms. The molecule has 1 aromatic carbocycles. The van der Waals surface area contributed by atoms with Crippen molar-refractivity contribution in [3.05, 3.63) is 39.9 Å². The van der Waals surface area contributed by atoms with E-state index in [2.05, 4.69) is 25.9 Å². The van der Waals surface area contributed by atoms with Gasteiger partial charge in [-0.2, -0.15) is 0 Å². The fraction of sp³-hybridized carbons (Fsp3) is 0.125. The fourth-order valence-corrected chi connectivity index (χ4v) is 1.25. The highest BCUT2D eigenvalue weighted by atomic mass is 16.6. The minimum absolute atomic E-state index is 0.0717. The number of tetrazole rings is 1. The van der Waals surface area contributed by atoms with Gasteiger partial charge in [0, 0.05) is 18.2 Å². The normalized spacial score (nSPS) is 10.0. The molecule has 8 heteroatoms. The van der Waals surface area contributed by atoms with Crippen LogP contribution in [0.25, 0.3) is 0 Å². The lowest BCUT2D eigenvalue weighted by Crippen LogP contribution is -2.04. The molecular weight excluding hydrogens is 212 g/mol. The number of hydrogen-bond donors (Lipinski definition) is 2. The van der Waals surface area contributed by atoms with Gasteiger partial charge >= 0.3 is 0 Å². The molecule has 82 valence electrons. The molecule has 0 aliphatic rings. The lowest BCUT2D eigenvalue weighted by molar-refractivity contribution is -0.385. The number of nitrogens with one attached hydrogen (secondary N) is 2. The molecular formula is C8H8N6O2. The number of benzene rings is 1. The first-order valence-electron chi connectivity index (χ1n) is 4.47. The molecule has 2 aromatic rings. The van der Waals surface area contributed by atoms with Gasteiger partial charge in [0.05, 0.1) is 4.92 Å².